The topological polar surface area (TPSA) is 84.7 Å². The van der Waals surface area contributed by atoms with Gasteiger partial charge in [0.25, 0.3) is 5.91 Å². The zero-order valence-corrected chi connectivity index (χ0v) is 19.6. The highest BCUT2D eigenvalue weighted by Crippen LogP contribution is 2.46. The van der Waals surface area contributed by atoms with Crippen LogP contribution in [-0.2, 0) is 9.59 Å². The SMILES string of the molecule is Cc1c(N2C(=O)C3C4[C@@H](C)C(CN4C(=O)CSc4ccccc4)N3C2=O)ccc(C#N)c1Cl. The second-order valence-electron chi connectivity index (χ2n) is 8.56. The Morgan fingerprint density at radius 3 is 2.64 bits per heavy atom. The lowest BCUT2D eigenvalue weighted by Crippen LogP contribution is -2.55. The van der Waals surface area contributed by atoms with Crippen molar-refractivity contribution < 1.29 is 14.4 Å². The number of rotatable bonds is 4. The molecule has 0 saturated carbocycles. The maximum Gasteiger partial charge on any atom is 0.332 e. The number of fused-ring (bicyclic) bond motifs is 5. The number of likely N-dealkylation sites (tertiary alicyclic amines) is 1. The van der Waals surface area contributed by atoms with Gasteiger partial charge in [-0.2, -0.15) is 5.26 Å². The summed E-state index contributed by atoms with van der Waals surface area (Å²) in [7, 11) is 0. The van der Waals surface area contributed by atoms with Crippen molar-refractivity contribution in [3.8, 4) is 6.07 Å². The number of nitriles is 1. The van der Waals surface area contributed by atoms with E-state index in [1.54, 1.807) is 22.8 Å². The van der Waals surface area contributed by atoms with Gasteiger partial charge in [0.2, 0.25) is 5.91 Å². The van der Waals surface area contributed by atoms with Crippen LogP contribution >= 0.6 is 23.4 Å². The molecule has 2 aromatic rings. The monoisotopic (exact) mass is 480 g/mol. The number of amides is 4. The molecule has 3 aliphatic heterocycles. The zero-order valence-electron chi connectivity index (χ0n) is 18.1. The Morgan fingerprint density at radius 2 is 1.94 bits per heavy atom. The van der Waals surface area contributed by atoms with Gasteiger partial charge in [-0.3, -0.25) is 9.59 Å². The van der Waals surface area contributed by atoms with E-state index in [1.165, 1.54) is 17.8 Å². The van der Waals surface area contributed by atoms with Crippen LogP contribution in [-0.4, -0.2) is 58.1 Å². The molecule has 4 atom stereocenters. The van der Waals surface area contributed by atoms with Gasteiger partial charge in [-0.15, -0.1) is 11.8 Å². The molecule has 3 aliphatic rings. The second-order valence-corrected chi connectivity index (χ2v) is 9.98. The van der Waals surface area contributed by atoms with E-state index in [4.69, 9.17) is 11.6 Å². The number of carbonyl (C=O) groups is 3. The normalized spacial score (nSPS) is 25.6. The largest absolute Gasteiger partial charge is 0.334 e. The van der Waals surface area contributed by atoms with Crippen molar-refractivity contribution in [2.24, 2.45) is 5.92 Å². The molecule has 3 unspecified atom stereocenters. The molecule has 5 rings (SSSR count). The molecule has 4 amide bonds. The molecule has 0 spiro atoms. The number of imide groups is 1. The first-order chi connectivity index (χ1) is 15.8. The Labute approximate surface area is 200 Å². The third-order valence-electron chi connectivity index (χ3n) is 6.90. The molecule has 168 valence electrons. The molecule has 3 saturated heterocycles. The van der Waals surface area contributed by atoms with Crippen LogP contribution in [0.5, 0.6) is 0 Å². The van der Waals surface area contributed by atoms with Gasteiger partial charge in [0.1, 0.15) is 12.1 Å². The van der Waals surface area contributed by atoms with Crippen LogP contribution < -0.4 is 4.90 Å². The van der Waals surface area contributed by atoms with Crippen LogP contribution in [0, 0.1) is 24.2 Å². The number of benzene rings is 2. The van der Waals surface area contributed by atoms with Gasteiger partial charge in [-0.25, -0.2) is 9.69 Å². The van der Waals surface area contributed by atoms with E-state index in [9.17, 15) is 19.6 Å². The van der Waals surface area contributed by atoms with Gasteiger partial charge in [0.05, 0.1) is 34.1 Å². The third-order valence-corrected chi connectivity index (χ3v) is 8.38. The maximum atomic E-state index is 13.5. The van der Waals surface area contributed by atoms with Gasteiger partial charge < -0.3 is 9.80 Å². The second kappa shape index (κ2) is 8.08. The van der Waals surface area contributed by atoms with Crippen molar-refractivity contribution >= 4 is 46.9 Å². The Balaban J connectivity index is 1.40. The number of thioether (sulfide) groups is 1. The Bertz CT molecular complexity index is 1210. The molecule has 2 aromatic carbocycles. The predicted octanol–water partition coefficient (Wildman–Crippen LogP) is 3.68. The van der Waals surface area contributed by atoms with Crippen LogP contribution in [0.2, 0.25) is 5.02 Å². The number of hydrogen-bond acceptors (Lipinski definition) is 5. The molecule has 33 heavy (non-hydrogen) atoms. The van der Waals surface area contributed by atoms with Crippen LogP contribution in [0.15, 0.2) is 47.4 Å². The van der Waals surface area contributed by atoms with Crippen LogP contribution in [0.1, 0.15) is 18.1 Å². The van der Waals surface area contributed by atoms with Crippen LogP contribution in [0.4, 0.5) is 10.5 Å². The average molecular weight is 481 g/mol. The summed E-state index contributed by atoms with van der Waals surface area (Å²) in [6, 6.07) is 13.2. The smallest absolute Gasteiger partial charge is 0.332 e. The number of nitrogens with zero attached hydrogens (tertiary/aromatic N) is 4. The van der Waals surface area contributed by atoms with Crippen molar-refractivity contribution in [2.75, 3.05) is 17.2 Å². The third kappa shape index (κ3) is 3.22. The van der Waals surface area contributed by atoms with Gasteiger partial charge in [-0.1, -0.05) is 36.7 Å². The summed E-state index contributed by atoms with van der Waals surface area (Å²) in [6.45, 7) is 4.12. The maximum absolute atomic E-state index is 13.5. The molecular weight excluding hydrogens is 460 g/mol. The number of anilines is 1. The number of halogens is 1. The van der Waals surface area contributed by atoms with Crippen molar-refractivity contribution in [1.82, 2.24) is 9.80 Å². The van der Waals surface area contributed by atoms with Gasteiger partial charge in [-0.05, 0) is 36.8 Å². The summed E-state index contributed by atoms with van der Waals surface area (Å²) in [4.78, 5) is 45.5. The highest BCUT2D eigenvalue weighted by atomic mass is 35.5. The minimum Gasteiger partial charge on any atom is -0.334 e. The zero-order chi connectivity index (χ0) is 23.4. The molecule has 7 nitrogen and oxygen atoms in total. The minimum atomic E-state index is -0.703. The quantitative estimate of drug-likeness (QED) is 0.492. The van der Waals surface area contributed by atoms with Crippen LogP contribution in [0.25, 0.3) is 0 Å². The lowest BCUT2D eigenvalue weighted by atomic mass is 9.99. The average Bonchev–Trinajstić information content (AvgIpc) is 3.39. The molecule has 3 heterocycles. The summed E-state index contributed by atoms with van der Waals surface area (Å²) in [5, 5.41) is 9.44. The highest BCUT2D eigenvalue weighted by Gasteiger charge is 2.66. The summed E-state index contributed by atoms with van der Waals surface area (Å²) in [5.74, 6) is -0.0833. The van der Waals surface area contributed by atoms with E-state index in [2.05, 4.69) is 0 Å². The van der Waals surface area contributed by atoms with Crippen molar-refractivity contribution in [1.29, 1.82) is 5.26 Å². The Hall–Kier alpha value is -3.02. The van der Waals surface area contributed by atoms with Gasteiger partial charge in [0.15, 0.2) is 0 Å². The lowest BCUT2D eigenvalue weighted by Gasteiger charge is -2.34. The molecule has 0 N–H and O–H groups in total. The summed E-state index contributed by atoms with van der Waals surface area (Å²) >= 11 is 7.76. The first-order valence-electron chi connectivity index (χ1n) is 10.7. The molecule has 3 fully saturated rings. The Kier molecular flexibility index (Phi) is 5.34. The fourth-order valence-corrected chi connectivity index (χ4v) is 6.28. The van der Waals surface area contributed by atoms with Crippen molar-refractivity contribution in [3.05, 3.63) is 58.6 Å². The fourth-order valence-electron chi connectivity index (χ4n) is 5.28. The lowest BCUT2D eigenvalue weighted by molar-refractivity contribution is -0.133. The standard InChI is InChI=1S/C24H21ClN4O3S/c1-13-17(9-8-15(10-26)20(13)25)29-23(31)22-21-14(2)18(28(22)24(29)32)11-27(21)19(30)12-33-16-6-4-3-5-7-16/h3-9,14,18,21-22H,11-12H2,1-2H3/t14-,18?,21?,22?/m0/s1. The van der Waals surface area contributed by atoms with Gasteiger partial charge in [0, 0.05) is 17.4 Å². The van der Waals surface area contributed by atoms with E-state index in [0.717, 1.165) is 9.80 Å². The summed E-state index contributed by atoms with van der Waals surface area (Å²) in [6.07, 6.45) is 0. The first-order valence-corrected chi connectivity index (χ1v) is 12.0. The summed E-state index contributed by atoms with van der Waals surface area (Å²) in [5.41, 5.74) is 1.18. The van der Waals surface area contributed by atoms with E-state index in [-0.39, 0.29) is 46.6 Å². The fraction of sp³-hybridized carbons (Fsp3) is 0.333. The molecule has 0 aliphatic carbocycles. The Morgan fingerprint density at radius 1 is 1.21 bits per heavy atom. The van der Waals surface area contributed by atoms with E-state index >= 15 is 0 Å². The van der Waals surface area contributed by atoms with E-state index < -0.39 is 6.04 Å². The molecule has 0 aromatic heterocycles. The van der Waals surface area contributed by atoms with Gasteiger partial charge >= 0.3 is 6.03 Å². The first kappa shape index (κ1) is 21.8. The predicted molar refractivity (Wildman–Crippen MR) is 125 cm³/mol. The summed E-state index contributed by atoms with van der Waals surface area (Å²) < 4.78 is 0. The number of hydrogen-bond donors (Lipinski definition) is 0. The molecule has 2 bridgehead atoms. The minimum absolute atomic E-state index is 0.0152. The van der Waals surface area contributed by atoms with Crippen LogP contribution in [0.3, 0.4) is 0 Å². The van der Waals surface area contributed by atoms with Crippen molar-refractivity contribution in [2.45, 2.75) is 36.9 Å². The highest BCUT2D eigenvalue weighted by molar-refractivity contribution is 8.00. The molecular formula is C24H21ClN4O3S. The number of piperazine rings is 1. The molecule has 0 radical (unpaired) electrons. The molecule has 9 heteroatoms. The number of urea groups is 1. The van der Waals surface area contributed by atoms with E-state index in [1.807, 2.05) is 43.3 Å². The van der Waals surface area contributed by atoms with Crippen molar-refractivity contribution in [3.63, 3.8) is 0 Å². The number of carbonyl (C=O) groups excluding carboxylic acids is 3. The van der Waals surface area contributed by atoms with E-state index in [0.29, 0.717) is 23.4 Å².